The van der Waals surface area contributed by atoms with Gasteiger partial charge in [0.15, 0.2) is 11.0 Å². The van der Waals surface area contributed by atoms with Gasteiger partial charge in [-0.15, -0.1) is 21.5 Å². The van der Waals surface area contributed by atoms with Crippen molar-refractivity contribution in [1.82, 2.24) is 25.1 Å². The van der Waals surface area contributed by atoms with Crippen molar-refractivity contribution in [1.29, 1.82) is 0 Å². The zero-order valence-corrected chi connectivity index (χ0v) is 34.6. The van der Waals surface area contributed by atoms with Gasteiger partial charge < -0.3 is 16.0 Å². The zero-order valence-electron chi connectivity index (χ0n) is 32.2. The number of nitro groups is 1. The predicted molar refractivity (Wildman–Crippen MR) is 225 cm³/mol. The quantitative estimate of drug-likeness (QED) is 0.0430. The first kappa shape index (κ1) is 41.1. The highest BCUT2D eigenvalue weighted by Gasteiger charge is 2.32. The molecule has 2 aromatic carbocycles. The van der Waals surface area contributed by atoms with Crippen molar-refractivity contribution in [2.75, 3.05) is 29.0 Å². The molecule has 0 radical (unpaired) electrons. The van der Waals surface area contributed by atoms with Crippen LogP contribution in [0.3, 0.4) is 0 Å². The molecule has 1 aliphatic rings. The number of anilines is 3. The molecular formula is C39H43ClN10O5S2. The molecule has 4 N–H and O–H groups in total. The molecule has 298 valence electrons. The minimum Gasteiger partial charge on any atom is -0.385 e. The summed E-state index contributed by atoms with van der Waals surface area (Å²) in [4.78, 5) is 59.3. The highest BCUT2D eigenvalue weighted by Crippen LogP contribution is 2.39. The Kier molecular flexibility index (Phi) is 13.1. The van der Waals surface area contributed by atoms with Crippen LogP contribution in [0.25, 0.3) is 5.00 Å². The van der Waals surface area contributed by atoms with Gasteiger partial charge in [0, 0.05) is 46.7 Å². The molecule has 0 aliphatic carbocycles. The molecule has 0 saturated carbocycles. The second kappa shape index (κ2) is 18.2. The molecule has 1 aliphatic heterocycles. The second-order valence-corrected chi connectivity index (χ2v) is 16.3. The number of aliphatic imine (C=N–C) groups is 1. The van der Waals surface area contributed by atoms with Crippen molar-refractivity contribution in [3.63, 3.8) is 0 Å². The van der Waals surface area contributed by atoms with E-state index in [0.717, 1.165) is 82.4 Å². The van der Waals surface area contributed by atoms with Crippen LogP contribution < -0.4 is 21.3 Å². The number of carbonyl (C=O) groups excluding carboxylic acids is 3. The van der Waals surface area contributed by atoms with E-state index >= 15 is 0 Å². The van der Waals surface area contributed by atoms with Gasteiger partial charge in [-0.2, -0.15) is 0 Å². The largest absolute Gasteiger partial charge is 0.385 e. The second-order valence-electron chi connectivity index (χ2n) is 13.7. The van der Waals surface area contributed by atoms with Crippen LogP contribution in [-0.4, -0.2) is 61.2 Å². The number of rotatable bonds is 16. The molecule has 0 bridgehead atoms. The molecule has 0 unspecified atom stereocenters. The van der Waals surface area contributed by atoms with Crippen LogP contribution in [0.2, 0.25) is 5.02 Å². The van der Waals surface area contributed by atoms with Crippen LogP contribution in [0, 0.1) is 37.8 Å². The lowest BCUT2D eigenvalue weighted by Gasteiger charge is -2.13. The third-order valence-electron chi connectivity index (χ3n) is 9.47. The first-order valence-corrected chi connectivity index (χ1v) is 20.5. The van der Waals surface area contributed by atoms with Crippen molar-refractivity contribution >= 4 is 79.2 Å². The Balaban J connectivity index is 0.967. The SMILES string of the molecule is CC(=O)Nc1cc(NCCCCCCCNC(=O)C[C@@H]2N=C(c3ccc(Cl)cc3)c3c(sc(C)c3C)-n3c(C)nnc32)ccc1C(=O)Nc1nc(C)c([N+](=O)[O-])s1. The number of amides is 3. The van der Waals surface area contributed by atoms with Crippen LogP contribution in [0.15, 0.2) is 47.5 Å². The summed E-state index contributed by atoms with van der Waals surface area (Å²) in [7, 11) is 0. The number of benzene rings is 2. The standard InChI is InChI=1S/C39H43ClN10O5S2/c1-21-23(3)56-38-33(21)34(26-11-13-27(40)14-12-26)45-31(35-48-47-24(4)49(35)38)20-32(52)42-18-10-8-6-7-9-17-41-28-15-16-29(30(19-28)44-25(5)51)36(53)46-39-43-22(2)37(57-39)50(54)55/h11-16,19,31,41H,6-10,17-18,20H2,1-5H3,(H,42,52)(H,44,51)(H,43,46,53)/t31-/m0/s1. The van der Waals surface area contributed by atoms with Gasteiger partial charge >= 0.3 is 5.00 Å². The number of halogens is 1. The summed E-state index contributed by atoms with van der Waals surface area (Å²) in [5, 5.41) is 33.3. The number of aromatic nitrogens is 4. The number of thiazole rings is 1. The predicted octanol–water partition coefficient (Wildman–Crippen LogP) is 8.25. The van der Waals surface area contributed by atoms with Gasteiger partial charge in [0.2, 0.25) is 11.8 Å². The number of unbranched alkanes of at least 4 members (excludes halogenated alkanes) is 4. The molecule has 6 rings (SSSR count). The highest BCUT2D eigenvalue weighted by molar-refractivity contribution is 7.19. The summed E-state index contributed by atoms with van der Waals surface area (Å²) in [5.74, 6) is 0.397. The number of fused-ring (bicyclic) bond motifs is 3. The van der Waals surface area contributed by atoms with Crippen molar-refractivity contribution in [3.8, 4) is 5.00 Å². The highest BCUT2D eigenvalue weighted by atomic mass is 35.5. The first-order valence-electron chi connectivity index (χ1n) is 18.5. The Morgan fingerprint density at radius 3 is 2.35 bits per heavy atom. The smallest absolute Gasteiger partial charge is 0.348 e. The molecule has 0 fully saturated rings. The molecule has 0 saturated heterocycles. The normalized spacial score (nSPS) is 13.2. The average molecular weight is 831 g/mol. The Labute approximate surface area is 342 Å². The van der Waals surface area contributed by atoms with Gasteiger partial charge in [-0.3, -0.25) is 39.4 Å². The van der Waals surface area contributed by atoms with E-state index in [1.165, 1.54) is 18.7 Å². The van der Waals surface area contributed by atoms with Gasteiger partial charge in [-0.05, 0) is 87.8 Å². The number of thiophene rings is 1. The molecule has 57 heavy (non-hydrogen) atoms. The molecule has 18 heteroatoms. The number of carbonyl (C=O) groups is 3. The molecule has 4 heterocycles. The number of hydrogen-bond acceptors (Lipinski definition) is 12. The topological polar surface area (TPSA) is 198 Å². The summed E-state index contributed by atoms with van der Waals surface area (Å²) in [6, 6.07) is 12.1. The fourth-order valence-electron chi connectivity index (χ4n) is 6.54. The molecule has 3 amide bonds. The van der Waals surface area contributed by atoms with Crippen molar-refractivity contribution in [2.45, 2.75) is 79.2 Å². The van der Waals surface area contributed by atoms with Crippen molar-refractivity contribution in [3.05, 3.63) is 102 Å². The Hall–Kier alpha value is -5.52. The number of nitrogens with zero attached hydrogens (tertiary/aromatic N) is 6. The van der Waals surface area contributed by atoms with Gasteiger partial charge in [0.05, 0.1) is 28.3 Å². The number of hydrogen-bond donors (Lipinski definition) is 4. The molecule has 0 spiro atoms. The summed E-state index contributed by atoms with van der Waals surface area (Å²) in [6.45, 7) is 10.2. The third kappa shape index (κ3) is 9.72. The molecule has 5 aromatic rings. The lowest BCUT2D eigenvalue weighted by Crippen LogP contribution is -2.26. The third-order valence-corrected chi connectivity index (χ3v) is 11.9. The summed E-state index contributed by atoms with van der Waals surface area (Å²) in [6.07, 6.45) is 4.79. The Bertz CT molecular complexity index is 2350. The lowest BCUT2D eigenvalue weighted by molar-refractivity contribution is -0.380. The number of nitrogens with one attached hydrogen (secondary N) is 4. The lowest BCUT2D eigenvalue weighted by atomic mass is 9.99. The van der Waals surface area contributed by atoms with Crippen LogP contribution in [0.4, 0.5) is 21.5 Å². The minimum absolute atomic E-state index is 0.0977. The van der Waals surface area contributed by atoms with E-state index in [-0.39, 0.29) is 39.6 Å². The molecular weight excluding hydrogens is 788 g/mol. The Morgan fingerprint density at radius 1 is 0.930 bits per heavy atom. The van der Waals surface area contributed by atoms with E-state index in [0.29, 0.717) is 29.6 Å². The van der Waals surface area contributed by atoms with Gasteiger partial charge in [0.25, 0.3) is 5.91 Å². The van der Waals surface area contributed by atoms with E-state index in [1.54, 1.807) is 29.5 Å². The van der Waals surface area contributed by atoms with E-state index < -0.39 is 16.9 Å². The summed E-state index contributed by atoms with van der Waals surface area (Å²) >= 11 is 8.67. The van der Waals surface area contributed by atoms with Crippen LogP contribution in [-0.2, 0) is 9.59 Å². The number of aryl methyl sites for hydroxylation is 3. The zero-order chi connectivity index (χ0) is 40.8. The molecule has 3 aromatic heterocycles. The van der Waals surface area contributed by atoms with E-state index in [9.17, 15) is 24.5 Å². The summed E-state index contributed by atoms with van der Waals surface area (Å²) in [5.41, 5.74) is 5.34. The average Bonchev–Trinajstić information content (AvgIpc) is 3.79. The van der Waals surface area contributed by atoms with E-state index in [2.05, 4.69) is 50.3 Å². The van der Waals surface area contributed by atoms with Crippen LogP contribution in [0.5, 0.6) is 0 Å². The Morgan fingerprint density at radius 2 is 1.65 bits per heavy atom. The van der Waals surface area contributed by atoms with Gasteiger partial charge in [-0.1, -0.05) is 43.0 Å². The van der Waals surface area contributed by atoms with E-state index in [4.69, 9.17) is 16.6 Å². The maximum atomic E-state index is 13.3. The van der Waals surface area contributed by atoms with E-state index in [1.807, 2.05) is 35.8 Å². The van der Waals surface area contributed by atoms with Crippen molar-refractivity contribution < 1.29 is 19.3 Å². The summed E-state index contributed by atoms with van der Waals surface area (Å²) < 4.78 is 2.04. The monoisotopic (exact) mass is 830 g/mol. The molecule has 15 nitrogen and oxygen atoms in total. The fourth-order valence-corrected chi connectivity index (χ4v) is 8.66. The fraction of sp³-hybridized carbons (Fsp3) is 0.359. The van der Waals surface area contributed by atoms with Gasteiger partial charge in [0.1, 0.15) is 22.6 Å². The maximum absolute atomic E-state index is 13.3. The van der Waals surface area contributed by atoms with Crippen LogP contribution >= 0.6 is 34.3 Å². The molecule has 1 atom stereocenters. The van der Waals surface area contributed by atoms with Crippen LogP contribution in [0.1, 0.15) is 101 Å². The van der Waals surface area contributed by atoms with Gasteiger partial charge in [-0.25, -0.2) is 4.98 Å². The minimum atomic E-state index is -0.548. The first-order chi connectivity index (χ1) is 27.3. The van der Waals surface area contributed by atoms with Crippen molar-refractivity contribution in [2.24, 2.45) is 4.99 Å². The maximum Gasteiger partial charge on any atom is 0.348 e.